The van der Waals surface area contributed by atoms with Gasteiger partial charge in [-0.05, 0) is 30.9 Å². The fraction of sp³-hybridized carbons (Fsp3) is 0.688. The summed E-state index contributed by atoms with van der Waals surface area (Å²) in [6, 6.07) is 4.86. The quantitative estimate of drug-likeness (QED) is 0.653. The summed E-state index contributed by atoms with van der Waals surface area (Å²) in [6.07, 6.45) is 10.8. The van der Waals surface area contributed by atoms with Crippen molar-refractivity contribution in [2.24, 2.45) is 0 Å². The predicted molar refractivity (Wildman–Crippen MR) is 78.4 cm³/mol. The van der Waals surface area contributed by atoms with Crippen molar-refractivity contribution in [1.82, 2.24) is 10.3 Å². The largest absolute Gasteiger partial charge is 0.478 e. The first-order valence-corrected chi connectivity index (χ1v) is 7.69. The average Bonchev–Trinajstić information content (AvgIpc) is 3.25. The first-order chi connectivity index (χ1) is 9.38. The van der Waals surface area contributed by atoms with E-state index in [0.29, 0.717) is 0 Å². The molecule has 1 N–H and O–H groups in total. The highest BCUT2D eigenvalue weighted by atomic mass is 16.5. The number of nitrogens with zero attached hydrogens (tertiary/aromatic N) is 1. The molecule has 1 fully saturated rings. The van der Waals surface area contributed by atoms with Crippen molar-refractivity contribution < 1.29 is 4.74 Å². The number of hydrogen-bond acceptors (Lipinski definition) is 3. The Morgan fingerprint density at radius 2 is 2.11 bits per heavy atom. The molecule has 1 heterocycles. The van der Waals surface area contributed by atoms with E-state index in [1.54, 1.807) is 0 Å². The summed E-state index contributed by atoms with van der Waals surface area (Å²) in [6.45, 7) is 3.96. The van der Waals surface area contributed by atoms with Crippen molar-refractivity contribution in [1.29, 1.82) is 0 Å². The molecule has 1 aliphatic rings. The van der Waals surface area contributed by atoms with Gasteiger partial charge in [-0.25, -0.2) is 4.98 Å². The Bertz CT molecular complexity index is 364. The Balaban J connectivity index is 1.63. The van der Waals surface area contributed by atoms with E-state index in [1.165, 1.54) is 44.1 Å². The van der Waals surface area contributed by atoms with E-state index in [2.05, 4.69) is 29.4 Å². The van der Waals surface area contributed by atoms with Crippen LogP contribution in [0.1, 0.15) is 57.4 Å². The Kier molecular flexibility index (Phi) is 6.15. The standard InChI is InChI=1S/C16H26N2O/c1-2-3-4-5-6-11-19-16-12-14(9-10-17-16)13-18-15-7-8-15/h9-10,12,15,18H,2-8,11,13H2,1H3. The van der Waals surface area contributed by atoms with E-state index >= 15 is 0 Å². The van der Waals surface area contributed by atoms with Gasteiger partial charge in [-0.15, -0.1) is 0 Å². The van der Waals surface area contributed by atoms with Crippen LogP contribution in [-0.4, -0.2) is 17.6 Å². The fourth-order valence-electron chi connectivity index (χ4n) is 2.07. The summed E-state index contributed by atoms with van der Waals surface area (Å²) in [5.74, 6) is 0.769. The number of ether oxygens (including phenoxy) is 1. The van der Waals surface area contributed by atoms with Crippen LogP contribution in [0.15, 0.2) is 18.3 Å². The molecule has 0 saturated heterocycles. The first kappa shape index (κ1) is 14.3. The van der Waals surface area contributed by atoms with Gasteiger partial charge in [-0.2, -0.15) is 0 Å². The van der Waals surface area contributed by atoms with Crippen LogP contribution in [0.2, 0.25) is 0 Å². The molecule has 0 aromatic carbocycles. The monoisotopic (exact) mass is 262 g/mol. The van der Waals surface area contributed by atoms with Gasteiger partial charge in [0.2, 0.25) is 5.88 Å². The van der Waals surface area contributed by atoms with Crippen molar-refractivity contribution in [2.75, 3.05) is 6.61 Å². The molecule has 0 amide bonds. The minimum Gasteiger partial charge on any atom is -0.478 e. The topological polar surface area (TPSA) is 34.1 Å². The van der Waals surface area contributed by atoms with Crippen LogP contribution in [-0.2, 0) is 6.54 Å². The van der Waals surface area contributed by atoms with Crippen LogP contribution in [0.4, 0.5) is 0 Å². The van der Waals surface area contributed by atoms with Crippen LogP contribution >= 0.6 is 0 Å². The van der Waals surface area contributed by atoms with Crippen molar-refractivity contribution >= 4 is 0 Å². The molecular weight excluding hydrogens is 236 g/mol. The van der Waals surface area contributed by atoms with Crippen molar-refractivity contribution in [2.45, 2.75) is 64.5 Å². The van der Waals surface area contributed by atoms with Crippen molar-refractivity contribution in [3.63, 3.8) is 0 Å². The zero-order chi connectivity index (χ0) is 13.3. The van der Waals surface area contributed by atoms with E-state index in [-0.39, 0.29) is 0 Å². The Hall–Kier alpha value is -1.09. The Labute approximate surface area is 116 Å². The van der Waals surface area contributed by atoms with Crippen LogP contribution in [0.25, 0.3) is 0 Å². The lowest BCUT2D eigenvalue weighted by molar-refractivity contribution is 0.293. The average molecular weight is 262 g/mol. The third kappa shape index (κ3) is 6.06. The van der Waals surface area contributed by atoms with Gasteiger partial charge in [0.15, 0.2) is 0 Å². The maximum atomic E-state index is 5.71. The molecule has 3 nitrogen and oxygen atoms in total. The lowest BCUT2D eigenvalue weighted by atomic mass is 10.2. The molecule has 0 unspecified atom stereocenters. The molecule has 2 rings (SSSR count). The molecular formula is C16H26N2O. The summed E-state index contributed by atoms with van der Waals surface area (Å²) in [5, 5.41) is 3.51. The van der Waals surface area contributed by atoms with Gasteiger partial charge in [0.1, 0.15) is 0 Å². The molecule has 0 atom stereocenters. The molecule has 106 valence electrons. The highest BCUT2D eigenvalue weighted by molar-refractivity contribution is 5.20. The minimum atomic E-state index is 0.746. The van der Waals surface area contributed by atoms with Crippen LogP contribution in [0, 0.1) is 0 Å². The van der Waals surface area contributed by atoms with E-state index in [0.717, 1.165) is 31.5 Å². The predicted octanol–water partition coefficient (Wildman–Crippen LogP) is 3.68. The molecule has 0 bridgehead atoms. The van der Waals surface area contributed by atoms with Gasteiger partial charge in [0, 0.05) is 24.8 Å². The fourth-order valence-corrected chi connectivity index (χ4v) is 2.07. The van der Waals surface area contributed by atoms with Crippen LogP contribution in [0.3, 0.4) is 0 Å². The maximum absolute atomic E-state index is 5.71. The summed E-state index contributed by atoms with van der Waals surface area (Å²) in [4.78, 5) is 4.27. The van der Waals surface area contributed by atoms with E-state index < -0.39 is 0 Å². The number of hydrogen-bond donors (Lipinski definition) is 1. The first-order valence-electron chi connectivity index (χ1n) is 7.69. The van der Waals surface area contributed by atoms with Gasteiger partial charge >= 0.3 is 0 Å². The number of rotatable bonds is 10. The van der Waals surface area contributed by atoms with E-state index in [4.69, 9.17) is 4.74 Å². The Morgan fingerprint density at radius 3 is 2.89 bits per heavy atom. The lowest BCUT2D eigenvalue weighted by Crippen LogP contribution is -2.15. The van der Waals surface area contributed by atoms with Gasteiger partial charge in [-0.3, -0.25) is 0 Å². The molecule has 3 heteroatoms. The number of pyridine rings is 1. The number of nitrogens with one attached hydrogen (secondary N) is 1. The summed E-state index contributed by atoms with van der Waals surface area (Å²) in [7, 11) is 0. The SMILES string of the molecule is CCCCCCCOc1cc(CNC2CC2)ccn1. The summed E-state index contributed by atoms with van der Waals surface area (Å²) in [5.41, 5.74) is 1.27. The normalized spacial score (nSPS) is 14.6. The van der Waals surface area contributed by atoms with Gasteiger partial charge in [0.05, 0.1) is 6.61 Å². The van der Waals surface area contributed by atoms with E-state index in [9.17, 15) is 0 Å². The zero-order valence-corrected chi connectivity index (χ0v) is 12.0. The van der Waals surface area contributed by atoms with Crippen molar-refractivity contribution in [3.05, 3.63) is 23.9 Å². The molecule has 1 aliphatic carbocycles. The summed E-state index contributed by atoms with van der Waals surface area (Å²) < 4.78 is 5.71. The molecule has 0 radical (unpaired) electrons. The minimum absolute atomic E-state index is 0.746. The molecule has 1 aromatic heterocycles. The van der Waals surface area contributed by atoms with Crippen molar-refractivity contribution in [3.8, 4) is 5.88 Å². The maximum Gasteiger partial charge on any atom is 0.213 e. The smallest absolute Gasteiger partial charge is 0.213 e. The second-order valence-electron chi connectivity index (χ2n) is 5.42. The highest BCUT2D eigenvalue weighted by Crippen LogP contribution is 2.19. The number of unbranched alkanes of at least 4 members (excludes halogenated alkanes) is 4. The molecule has 0 aliphatic heterocycles. The van der Waals surface area contributed by atoms with Gasteiger partial charge in [0.25, 0.3) is 0 Å². The molecule has 1 aromatic rings. The Morgan fingerprint density at radius 1 is 1.26 bits per heavy atom. The molecule has 1 saturated carbocycles. The van der Waals surface area contributed by atoms with Crippen LogP contribution in [0.5, 0.6) is 5.88 Å². The van der Waals surface area contributed by atoms with E-state index in [1.807, 2.05) is 6.20 Å². The molecule has 19 heavy (non-hydrogen) atoms. The summed E-state index contributed by atoms with van der Waals surface area (Å²) >= 11 is 0. The van der Waals surface area contributed by atoms with Gasteiger partial charge < -0.3 is 10.1 Å². The second-order valence-corrected chi connectivity index (χ2v) is 5.42. The zero-order valence-electron chi connectivity index (χ0n) is 12.0. The highest BCUT2D eigenvalue weighted by Gasteiger charge is 2.19. The van der Waals surface area contributed by atoms with Gasteiger partial charge in [-0.1, -0.05) is 32.6 Å². The molecule has 0 spiro atoms. The second kappa shape index (κ2) is 8.16. The van der Waals surface area contributed by atoms with Crippen LogP contribution < -0.4 is 10.1 Å². The number of aromatic nitrogens is 1. The third-order valence-electron chi connectivity index (χ3n) is 3.47. The third-order valence-corrected chi connectivity index (χ3v) is 3.47. The lowest BCUT2D eigenvalue weighted by Gasteiger charge is -2.07.